The van der Waals surface area contributed by atoms with Crippen molar-refractivity contribution in [1.29, 1.82) is 0 Å². The van der Waals surface area contributed by atoms with E-state index >= 15 is 0 Å². The summed E-state index contributed by atoms with van der Waals surface area (Å²) in [5, 5.41) is 1.65. The van der Waals surface area contributed by atoms with Crippen molar-refractivity contribution in [2.24, 2.45) is 0 Å². The fourth-order valence-electron chi connectivity index (χ4n) is 1.19. The molecule has 0 atom stereocenters. The molecule has 0 spiro atoms. The third-order valence-electron chi connectivity index (χ3n) is 2.21. The highest BCUT2D eigenvalue weighted by molar-refractivity contribution is 5.86. The second-order valence-electron chi connectivity index (χ2n) is 4.06. The second kappa shape index (κ2) is 3.84. The number of nitrogens with zero attached hydrogens (tertiary/aromatic N) is 1. The van der Waals surface area contributed by atoms with Crippen LogP contribution in [-0.2, 0) is 10.2 Å². The summed E-state index contributed by atoms with van der Waals surface area (Å²) in [4.78, 5) is 14.8. The van der Waals surface area contributed by atoms with Crippen LogP contribution in [0, 0.1) is 0 Å². The third-order valence-corrected chi connectivity index (χ3v) is 2.21. The van der Waals surface area contributed by atoms with Gasteiger partial charge in [-0.2, -0.15) is 0 Å². The standard InChI is InChI=1S/C10H17N3O/c1-10(2,8-5-6-11-7-8)9(14)12-13(3)4/h5-7,11H,1-4H3,(H,12,14). The lowest BCUT2D eigenvalue weighted by Crippen LogP contribution is -2.46. The molecule has 0 saturated heterocycles. The van der Waals surface area contributed by atoms with Gasteiger partial charge < -0.3 is 4.98 Å². The summed E-state index contributed by atoms with van der Waals surface area (Å²) in [6, 6.07) is 1.91. The molecule has 4 nitrogen and oxygen atoms in total. The first-order valence-electron chi connectivity index (χ1n) is 4.56. The Morgan fingerprint density at radius 2 is 2.14 bits per heavy atom. The number of hydrogen-bond donors (Lipinski definition) is 2. The molecule has 4 heteroatoms. The van der Waals surface area contributed by atoms with E-state index in [-0.39, 0.29) is 5.91 Å². The molecule has 0 aliphatic carbocycles. The highest BCUT2D eigenvalue weighted by Gasteiger charge is 2.30. The van der Waals surface area contributed by atoms with Gasteiger partial charge in [-0.1, -0.05) is 0 Å². The van der Waals surface area contributed by atoms with Crippen molar-refractivity contribution in [3.63, 3.8) is 0 Å². The van der Waals surface area contributed by atoms with Crippen LogP contribution in [0.1, 0.15) is 19.4 Å². The van der Waals surface area contributed by atoms with E-state index in [1.54, 1.807) is 19.1 Å². The van der Waals surface area contributed by atoms with Gasteiger partial charge in [0.1, 0.15) is 0 Å². The number of H-pyrrole nitrogens is 1. The number of rotatable bonds is 3. The van der Waals surface area contributed by atoms with Crippen molar-refractivity contribution in [2.75, 3.05) is 14.1 Å². The molecule has 0 unspecified atom stereocenters. The summed E-state index contributed by atoms with van der Waals surface area (Å²) in [5.41, 5.74) is 3.23. The van der Waals surface area contributed by atoms with Crippen LogP contribution in [0.25, 0.3) is 0 Å². The number of hydrogen-bond acceptors (Lipinski definition) is 2. The third kappa shape index (κ3) is 2.14. The van der Waals surface area contributed by atoms with Crippen molar-refractivity contribution in [3.05, 3.63) is 24.0 Å². The largest absolute Gasteiger partial charge is 0.367 e. The number of amides is 1. The quantitative estimate of drug-likeness (QED) is 0.703. The Labute approximate surface area is 84.3 Å². The van der Waals surface area contributed by atoms with Gasteiger partial charge in [-0.05, 0) is 25.5 Å². The van der Waals surface area contributed by atoms with Crippen LogP contribution in [0.3, 0.4) is 0 Å². The normalized spacial score (nSPS) is 11.8. The summed E-state index contributed by atoms with van der Waals surface area (Å²) >= 11 is 0. The fourth-order valence-corrected chi connectivity index (χ4v) is 1.19. The summed E-state index contributed by atoms with van der Waals surface area (Å²) in [5.74, 6) is -0.0119. The number of aromatic nitrogens is 1. The molecule has 0 aliphatic rings. The Kier molecular flexibility index (Phi) is 2.96. The van der Waals surface area contributed by atoms with E-state index in [1.807, 2.05) is 32.3 Å². The molecule has 1 aromatic rings. The first-order valence-corrected chi connectivity index (χ1v) is 4.56. The lowest BCUT2D eigenvalue weighted by molar-refractivity contribution is -0.129. The maximum Gasteiger partial charge on any atom is 0.244 e. The highest BCUT2D eigenvalue weighted by atomic mass is 16.2. The Balaban J connectivity index is 2.80. The number of aromatic amines is 1. The number of nitrogens with one attached hydrogen (secondary N) is 2. The van der Waals surface area contributed by atoms with Crippen molar-refractivity contribution in [3.8, 4) is 0 Å². The molecule has 0 fully saturated rings. The molecule has 0 aromatic carbocycles. The smallest absolute Gasteiger partial charge is 0.244 e. The predicted octanol–water partition coefficient (Wildman–Crippen LogP) is 0.885. The fraction of sp³-hybridized carbons (Fsp3) is 0.500. The van der Waals surface area contributed by atoms with Crippen LogP contribution in [0.4, 0.5) is 0 Å². The van der Waals surface area contributed by atoms with Crippen LogP contribution in [-0.4, -0.2) is 30.0 Å². The first-order chi connectivity index (χ1) is 6.44. The molecule has 1 rings (SSSR count). The number of carbonyl (C=O) groups is 1. The molecule has 1 amide bonds. The maximum absolute atomic E-state index is 11.8. The van der Waals surface area contributed by atoms with Crippen molar-refractivity contribution in [1.82, 2.24) is 15.4 Å². The van der Waals surface area contributed by atoms with Crippen molar-refractivity contribution < 1.29 is 4.79 Å². The molecular formula is C10H17N3O. The molecule has 1 heterocycles. The molecule has 0 bridgehead atoms. The van der Waals surface area contributed by atoms with Crippen LogP contribution in [0.2, 0.25) is 0 Å². The van der Waals surface area contributed by atoms with Crippen LogP contribution < -0.4 is 5.43 Å². The zero-order chi connectivity index (χ0) is 10.8. The maximum atomic E-state index is 11.8. The van der Waals surface area contributed by atoms with E-state index in [2.05, 4.69) is 10.4 Å². The van der Waals surface area contributed by atoms with E-state index in [1.165, 1.54) is 0 Å². The Bertz CT molecular complexity index is 301. The lowest BCUT2D eigenvalue weighted by Gasteiger charge is -2.24. The molecule has 0 radical (unpaired) electrons. The van der Waals surface area contributed by atoms with Crippen LogP contribution >= 0.6 is 0 Å². The van der Waals surface area contributed by atoms with E-state index in [0.717, 1.165) is 5.56 Å². The van der Waals surface area contributed by atoms with Gasteiger partial charge in [0.15, 0.2) is 0 Å². The summed E-state index contributed by atoms with van der Waals surface area (Å²) in [6.07, 6.45) is 3.66. The minimum absolute atomic E-state index is 0.0119. The zero-order valence-electron chi connectivity index (χ0n) is 9.09. The Hall–Kier alpha value is -1.29. The van der Waals surface area contributed by atoms with Gasteiger partial charge in [0.05, 0.1) is 5.41 Å². The number of hydrazine groups is 1. The lowest BCUT2D eigenvalue weighted by atomic mass is 9.86. The summed E-state index contributed by atoms with van der Waals surface area (Å²) in [7, 11) is 3.59. The van der Waals surface area contributed by atoms with Crippen molar-refractivity contribution in [2.45, 2.75) is 19.3 Å². The van der Waals surface area contributed by atoms with Crippen LogP contribution in [0.15, 0.2) is 18.5 Å². The molecular weight excluding hydrogens is 178 g/mol. The van der Waals surface area contributed by atoms with Gasteiger partial charge in [-0.15, -0.1) is 0 Å². The monoisotopic (exact) mass is 195 g/mol. The van der Waals surface area contributed by atoms with Crippen molar-refractivity contribution >= 4 is 5.91 Å². The van der Waals surface area contributed by atoms with E-state index in [0.29, 0.717) is 0 Å². The Morgan fingerprint density at radius 1 is 1.50 bits per heavy atom. The van der Waals surface area contributed by atoms with Gasteiger partial charge in [-0.25, -0.2) is 5.01 Å². The Morgan fingerprint density at radius 3 is 2.57 bits per heavy atom. The zero-order valence-corrected chi connectivity index (χ0v) is 9.09. The molecule has 78 valence electrons. The topological polar surface area (TPSA) is 48.1 Å². The average Bonchev–Trinajstić information content (AvgIpc) is 2.54. The van der Waals surface area contributed by atoms with Gasteiger partial charge >= 0.3 is 0 Å². The van der Waals surface area contributed by atoms with Gasteiger partial charge in [0, 0.05) is 26.5 Å². The number of carbonyl (C=O) groups excluding carboxylic acids is 1. The molecule has 1 aromatic heterocycles. The van der Waals surface area contributed by atoms with Gasteiger partial charge in [0.25, 0.3) is 0 Å². The SMILES string of the molecule is CN(C)NC(=O)C(C)(C)c1cc[nH]c1. The minimum Gasteiger partial charge on any atom is -0.367 e. The molecule has 0 aliphatic heterocycles. The summed E-state index contributed by atoms with van der Waals surface area (Å²) < 4.78 is 0. The molecule has 0 saturated carbocycles. The molecule has 2 N–H and O–H groups in total. The minimum atomic E-state index is -0.510. The summed E-state index contributed by atoms with van der Waals surface area (Å²) in [6.45, 7) is 3.80. The van der Waals surface area contributed by atoms with E-state index < -0.39 is 5.41 Å². The first kappa shape index (κ1) is 10.8. The highest BCUT2D eigenvalue weighted by Crippen LogP contribution is 2.22. The van der Waals surface area contributed by atoms with Gasteiger partial charge in [-0.3, -0.25) is 10.2 Å². The predicted molar refractivity (Wildman–Crippen MR) is 55.6 cm³/mol. The van der Waals surface area contributed by atoms with E-state index in [9.17, 15) is 4.79 Å². The van der Waals surface area contributed by atoms with E-state index in [4.69, 9.17) is 0 Å². The molecule has 14 heavy (non-hydrogen) atoms. The van der Waals surface area contributed by atoms with Crippen LogP contribution in [0.5, 0.6) is 0 Å². The van der Waals surface area contributed by atoms with Gasteiger partial charge in [0.2, 0.25) is 5.91 Å². The average molecular weight is 195 g/mol. The second-order valence-corrected chi connectivity index (χ2v) is 4.06.